The van der Waals surface area contributed by atoms with E-state index < -0.39 is 27.4 Å². The van der Waals surface area contributed by atoms with Crippen molar-refractivity contribution in [1.82, 2.24) is 5.43 Å². The molecule has 0 aliphatic rings. The average Bonchev–Trinajstić information content (AvgIpc) is 3.37. The van der Waals surface area contributed by atoms with Gasteiger partial charge in [-0.15, -0.1) is 0 Å². The number of halogens is 1. The minimum absolute atomic E-state index is 0.0353. The van der Waals surface area contributed by atoms with Gasteiger partial charge in [-0.2, -0.15) is 5.10 Å². The third-order valence-corrected chi connectivity index (χ3v) is 7.70. The molecular weight excluding hydrogens is 544 g/mol. The van der Waals surface area contributed by atoms with Crippen LogP contribution in [0.4, 0.5) is 11.4 Å². The summed E-state index contributed by atoms with van der Waals surface area (Å²) < 4.78 is 33.7. The number of carbonyl (C=O) groups excluding carboxylic acids is 1. The molecule has 0 aliphatic heterocycles. The molecule has 0 unspecified atom stereocenters. The van der Waals surface area contributed by atoms with E-state index >= 15 is 0 Å². The molecular formula is C27H23ClN4O6S. The summed E-state index contributed by atoms with van der Waals surface area (Å²) in [4.78, 5) is 23.2. The number of nitrogens with zero attached hydrogens (tertiary/aromatic N) is 3. The third-order valence-electron chi connectivity index (χ3n) is 5.69. The number of amides is 1. The van der Waals surface area contributed by atoms with Crippen molar-refractivity contribution >= 4 is 45.1 Å². The van der Waals surface area contributed by atoms with Crippen LogP contribution in [0.1, 0.15) is 16.9 Å². The molecule has 0 bridgehead atoms. The quantitative estimate of drug-likeness (QED) is 0.162. The molecule has 3 aromatic carbocycles. The molecule has 4 rings (SSSR count). The van der Waals surface area contributed by atoms with E-state index in [1.807, 2.05) is 6.92 Å². The summed E-state index contributed by atoms with van der Waals surface area (Å²) in [5, 5.41) is 15.2. The Hall–Kier alpha value is -4.48. The van der Waals surface area contributed by atoms with Crippen molar-refractivity contribution in [2.24, 2.45) is 5.10 Å². The number of hydrogen-bond acceptors (Lipinski definition) is 7. The molecule has 0 atom stereocenters. The molecule has 0 radical (unpaired) electrons. The zero-order valence-corrected chi connectivity index (χ0v) is 22.4. The number of hydrazone groups is 1. The number of hydrogen-bond donors (Lipinski definition) is 1. The number of nitro benzene ring substituents is 1. The number of furan rings is 1. The number of carbonyl (C=O) groups is 1. The summed E-state index contributed by atoms with van der Waals surface area (Å²) in [6.45, 7) is 3.01. The fraction of sp³-hybridized carbons (Fsp3) is 0.111. The summed E-state index contributed by atoms with van der Waals surface area (Å²) in [5.74, 6) is 0.0750. The maximum atomic E-state index is 13.5. The Morgan fingerprint density at radius 1 is 1.05 bits per heavy atom. The average molecular weight is 567 g/mol. The van der Waals surface area contributed by atoms with Crippen LogP contribution in [0.5, 0.6) is 0 Å². The topological polar surface area (TPSA) is 135 Å². The molecule has 0 fully saturated rings. The molecule has 200 valence electrons. The van der Waals surface area contributed by atoms with E-state index in [1.165, 1.54) is 30.5 Å². The highest BCUT2D eigenvalue weighted by atomic mass is 35.5. The first-order chi connectivity index (χ1) is 18.5. The molecule has 1 amide bonds. The van der Waals surface area contributed by atoms with Gasteiger partial charge in [-0.05, 0) is 74.0 Å². The fourth-order valence-corrected chi connectivity index (χ4v) is 5.41. The van der Waals surface area contributed by atoms with Crippen molar-refractivity contribution in [3.8, 4) is 11.3 Å². The second kappa shape index (κ2) is 11.5. The molecule has 0 aliphatic carbocycles. The number of aryl methyl sites for hydroxylation is 2. The summed E-state index contributed by atoms with van der Waals surface area (Å²) in [5.41, 5.74) is 4.68. The maximum Gasteiger partial charge on any atom is 0.269 e. The molecule has 4 aromatic rings. The number of anilines is 1. The maximum absolute atomic E-state index is 13.5. The van der Waals surface area contributed by atoms with Crippen molar-refractivity contribution in [3.05, 3.63) is 111 Å². The van der Waals surface area contributed by atoms with Gasteiger partial charge in [-0.1, -0.05) is 29.3 Å². The number of nitrogens with one attached hydrogen (secondary N) is 1. The van der Waals surface area contributed by atoms with Crippen molar-refractivity contribution in [2.75, 3.05) is 10.8 Å². The van der Waals surface area contributed by atoms with E-state index in [1.54, 1.807) is 61.5 Å². The van der Waals surface area contributed by atoms with Crippen molar-refractivity contribution in [1.29, 1.82) is 0 Å². The number of non-ortho nitro benzene ring substituents is 1. The minimum atomic E-state index is -4.10. The van der Waals surface area contributed by atoms with Gasteiger partial charge in [0.1, 0.15) is 18.1 Å². The standard InChI is InChI=1S/C27H23ClN4O6S/c1-18-3-11-24(12-4-18)39(36,37)31(25-13-7-21(28)15-19(25)2)17-27(33)30-29-16-23-10-14-26(38-23)20-5-8-22(9-6-20)32(34)35/h3-16H,17H2,1-2H3,(H,30,33)/b29-16-. The van der Waals surface area contributed by atoms with Crippen LogP contribution in [-0.4, -0.2) is 32.0 Å². The number of nitro groups is 1. The summed E-state index contributed by atoms with van der Waals surface area (Å²) >= 11 is 6.06. The van der Waals surface area contributed by atoms with Crippen LogP contribution in [0, 0.1) is 24.0 Å². The third kappa shape index (κ3) is 6.51. The Labute approximate surface area is 229 Å². The Morgan fingerprint density at radius 2 is 1.74 bits per heavy atom. The molecule has 1 N–H and O–H groups in total. The van der Waals surface area contributed by atoms with Gasteiger partial charge in [0.2, 0.25) is 0 Å². The zero-order chi connectivity index (χ0) is 28.2. The number of sulfonamides is 1. The van der Waals surface area contributed by atoms with Gasteiger partial charge < -0.3 is 4.42 Å². The SMILES string of the molecule is Cc1ccc(S(=O)(=O)N(CC(=O)N/N=C\c2ccc(-c3ccc([N+](=O)[O-])cc3)o2)c2ccc(Cl)cc2C)cc1. The van der Waals surface area contributed by atoms with Crippen LogP contribution in [0.2, 0.25) is 5.02 Å². The minimum Gasteiger partial charge on any atom is -0.455 e. The van der Waals surface area contributed by atoms with E-state index in [0.29, 0.717) is 33.4 Å². The lowest BCUT2D eigenvalue weighted by Gasteiger charge is -2.25. The Balaban J connectivity index is 1.50. The fourth-order valence-electron chi connectivity index (χ4n) is 3.69. The molecule has 0 saturated carbocycles. The second-order valence-electron chi connectivity index (χ2n) is 8.55. The van der Waals surface area contributed by atoms with Crippen molar-refractivity contribution in [2.45, 2.75) is 18.7 Å². The lowest BCUT2D eigenvalue weighted by Crippen LogP contribution is -2.40. The van der Waals surface area contributed by atoms with Crippen molar-refractivity contribution < 1.29 is 22.6 Å². The van der Waals surface area contributed by atoms with Crippen LogP contribution in [0.15, 0.2) is 93.3 Å². The van der Waals surface area contributed by atoms with Crippen LogP contribution >= 0.6 is 11.6 Å². The monoisotopic (exact) mass is 566 g/mol. The van der Waals surface area contributed by atoms with Crippen LogP contribution < -0.4 is 9.73 Å². The summed E-state index contributed by atoms with van der Waals surface area (Å²) in [7, 11) is -4.10. The number of rotatable bonds is 9. The lowest BCUT2D eigenvalue weighted by molar-refractivity contribution is -0.384. The molecule has 12 heteroatoms. The molecule has 0 spiro atoms. The molecule has 1 aromatic heterocycles. The van der Waals surface area contributed by atoms with Gasteiger partial charge in [0.25, 0.3) is 21.6 Å². The van der Waals surface area contributed by atoms with E-state index in [9.17, 15) is 23.3 Å². The Bertz CT molecular complexity index is 1650. The van der Waals surface area contributed by atoms with Crippen molar-refractivity contribution in [3.63, 3.8) is 0 Å². The Morgan fingerprint density at radius 3 is 2.38 bits per heavy atom. The second-order valence-corrected chi connectivity index (χ2v) is 10.9. The predicted octanol–water partition coefficient (Wildman–Crippen LogP) is 5.47. The smallest absolute Gasteiger partial charge is 0.269 e. The molecule has 0 saturated heterocycles. The lowest BCUT2D eigenvalue weighted by atomic mass is 10.1. The van der Waals surface area contributed by atoms with Gasteiger partial charge in [-0.25, -0.2) is 13.8 Å². The summed E-state index contributed by atoms with van der Waals surface area (Å²) in [6, 6.07) is 20.1. The van der Waals surface area contributed by atoms with Gasteiger partial charge in [-0.3, -0.25) is 19.2 Å². The molecule has 1 heterocycles. The zero-order valence-electron chi connectivity index (χ0n) is 20.9. The highest BCUT2D eigenvalue weighted by molar-refractivity contribution is 7.92. The highest BCUT2D eigenvalue weighted by Crippen LogP contribution is 2.29. The van der Waals surface area contributed by atoms with Gasteiger partial charge in [0, 0.05) is 22.7 Å². The van der Waals surface area contributed by atoms with E-state index in [2.05, 4.69) is 10.5 Å². The first-order valence-corrected chi connectivity index (χ1v) is 13.4. The molecule has 10 nitrogen and oxygen atoms in total. The highest BCUT2D eigenvalue weighted by Gasteiger charge is 2.28. The number of benzene rings is 3. The van der Waals surface area contributed by atoms with E-state index in [0.717, 1.165) is 9.87 Å². The van der Waals surface area contributed by atoms with Gasteiger partial charge in [0.05, 0.1) is 21.7 Å². The van der Waals surface area contributed by atoms with Crippen LogP contribution in [-0.2, 0) is 14.8 Å². The van der Waals surface area contributed by atoms with Gasteiger partial charge >= 0.3 is 0 Å². The predicted molar refractivity (Wildman–Crippen MR) is 148 cm³/mol. The normalized spacial score (nSPS) is 11.5. The van der Waals surface area contributed by atoms with E-state index in [4.69, 9.17) is 16.0 Å². The first-order valence-electron chi connectivity index (χ1n) is 11.6. The Kier molecular flexibility index (Phi) is 8.12. The van der Waals surface area contributed by atoms with E-state index in [-0.39, 0.29) is 10.6 Å². The van der Waals surface area contributed by atoms with Gasteiger partial charge in [0.15, 0.2) is 0 Å². The largest absolute Gasteiger partial charge is 0.455 e. The summed E-state index contributed by atoms with van der Waals surface area (Å²) in [6.07, 6.45) is 1.26. The van der Waals surface area contributed by atoms with Crippen LogP contribution in [0.3, 0.4) is 0 Å². The van der Waals surface area contributed by atoms with Crippen LogP contribution in [0.25, 0.3) is 11.3 Å². The molecule has 39 heavy (non-hydrogen) atoms. The first kappa shape index (κ1) is 27.6.